The standard InChI is InChI=1S/C15H15F3N4/c1-9(2)13-12(20)14(15(16,17)18)22(21-13)8-11-5-3-10(7-19)4-6-11/h3-6,9H,8,20H2,1-2H3. The minimum absolute atomic E-state index is 0.0581. The van der Waals surface area contributed by atoms with Crippen molar-refractivity contribution in [3.63, 3.8) is 0 Å². The summed E-state index contributed by atoms with van der Waals surface area (Å²) >= 11 is 0. The fourth-order valence-electron chi connectivity index (χ4n) is 2.19. The zero-order chi connectivity index (χ0) is 16.5. The maximum atomic E-state index is 13.2. The average Bonchev–Trinajstić information content (AvgIpc) is 2.76. The molecular formula is C15H15F3N4. The van der Waals surface area contributed by atoms with Crippen LogP contribution in [0.1, 0.15) is 42.3 Å². The van der Waals surface area contributed by atoms with Gasteiger partial charge in [0.2, 0.25) is 0 Å². The molecule has 0 radical (unpaired) electrons. The number of nitriles is 1. The first kappa shape index (κ1) is 15.9. The van der Waals surface area contributed by atoms with Crippen LogP contribution in [0.15, 0.2) is 24.3 Å². The second-order valence-electron chi connectivity index (χ2n) is 5.27. The molecule has 2 N–H and O–H groups in total. The summed E-state index contributed by atoms with van der Waals surface area (Å²) in [6.07, 6.45) is -4.57. The van der Waals surface area contributed by atoms with Crippen molar-refractivity contribution in [2.24, 2.45) is 0 Å². The molecule has 0 saturated heterocycles. The quantitative estimate of drug-likeness (QED) is 0.943. The van der Waals surface area contributed by atoms with Gasteiger partial charge in [0.1, 0.15) is 0 Å². The van der Waals surface area contributed by atoms with E-state index in [1.165, 1.54) is 0 Å². The summed E-state index contributed by atoms with van der Waals surface area (Å²) in [7, 11) is 0. The molecule has 0 aliphatic heterocycles. The highest BCUT2D eigenvalue weighted by Gasteiger charge is 2.39. The second-order valence-corrected chi connectivity index (χ2v) is 5.27. The van der Waals surface area contributed by atoms with E-state index in [0.29, 0.717) is 11.1 Å². The first-order chi connectivity index (χ1) is 10.2. The fourth-order valence-corrected chi connectivity index (χ4v) is 2.19. The van der Waals surface area contributed by atoms with Gasteiger partial charge in [-0.15, -0.1) is 0 Å². The Morgan fingerprint density at radius 2 is 1.86 bits per heavy atom. The maximum Gasteiger partial charge on any atom is 0.435 e. The first-order valence-electron chi connectivity index (χ1n) is 6.66. The number of nitrogen functional groups attached to an aromatic ring is 1. The van der Waals surface area contributed by atoms with Gasteiger partial charge in [0.25, 0.3) is 0 Å². The summed E-state index contributed by atoms with van der Waals surface area (Å²) in [5.41, 5.74) is 5.69. The highest BCUT2D eigenvalue weighted by Crippen LogP contribution is 2.37. The first-order valence-corrected chi connectivity index (χ1v) is 6.66. The van der Waals surface area contributed by atoms with Gasteiger partial charge in [-0.1, -0.05) is 26.0 Å². The van der Waals surface area contributed by atoms with Crippen molar-refractivity contribution in [2.45, 2.75) is 32.5 Å². The molecule has 0 atom stereocenters. The lowest BCUT2D eigenvalue weighted by Crippen LogP contribution is -2.17. The van der Waals surface area contributed by atoms with Gasteiger partial charge < -0.3 is 5.73 Å². The van der Waals surface area contributed by atoms with E-state index in [9.17, 15) is 13.2 Å². The van der Waals surface area contributed by atoms with Crippen LogP contribution in [-0.4, -0.2) is 9.78 Å². The van der Waals surface area contributed by atoms with Gasteiger partial charge in [-0.3, -0.25) is 4.68 Å². The molecule has 0 amide bonds. The summed E-state index contributed by atoms with van der Waals surface area (Å²) in [5.74, 6) is -0.205. The molecule has 1 heterocycles. The van der Waals surface area contributed by atoms with Crippen molar-refractivity contribution in [1.82, 2.24) is 9.78 Å². The van der Waals surface area contributed by atoms with Crippen molar-refractivity contribution >= 4 is 5.69 Å². The predicted molar refractivity (Wildman–Crippen MR) is 76.0 cm³/mol. The number of alkyl halides is 3. The number of rotatable bonds is 3. The second kappa shape index (κ2) is 5.72. The highest BCUT2D eigenvalue weighted by atomic mass is 19.4. The number of hydrogen-bond donors (Lipinski definition) is 1. The van der Waals surface area contributed by atoms with E-state index < -0.39 is 11.9 Å². The fraction of sp³-hybridized carbons (Fsp3) is 0.333. The molecule has 1 aromatic heterocycles. The maximum absolute atomic E-state index is 13.2. The summed E-state index contributed by atoms with van der Waals surface area (Å²) < 4.78 is 40.6. The summed E-state index contributed by atoms with van der Waals surface area (Å²) in [6, 6.07) is 8.27. The largest absolute Gasteiger partial charge is 0.435 e. The molecular weight excluding hydrogens is 293 g/mol. The van der Waals surface area contributed by atoms with Crippen LogP contribution in [0, 0.1) is 11.3 Å². The summed E-state index contributed by atoms with van der Waals surface area (Å²) in [5, 5.41) is 12.8. The Hall–Kier alpha value is -2.49. The van der Waals surface area contributed by atoms with Crippen molar-refractivity contribution in [2.75, 3.05) is 5.73 Å². The molecule has 0 bridgehead atoms. The highest BCUT2D eigenvalue weighted by molar-refractivity contribution is 5.51. The van der Waals surface area contributed by atoms with Gasteiger partial charge in [0, 0.05) is 0 Å². The van der Waals surface area contributed by atoms with Crippen LogP contribution in [0.4, 0.5) is 18.9 Å². The minimum Gasteiger partial charge on any atom is -0.395 e. The summed E-state index contributed by atoms with van der Waals surface area (Å²) in [4.78, 5) is 0. The van der Waals surface area contributed by atoms with Gasteiger partial charge in [0.15, 0.2) is 5.69 Å². The number of halogens is 3. The van der Waals surface area contributed by atoms with Crippen LogP contribution < -0.4 is 5.73 Å². The molecule has 116 valence electrons. The van der Waals surface area contributed by atoms with Gasteiger partial charge in [0.05, 0.1) is 29.6 Å². The molecule has 0 aliphatic rings. The van der Waals surface area contributed by atoms with Crippen molar-refractivity contribution < 1.29 is 13.2 Å². The van der Waals surface area contributed by atoms with Crippen LogP contribution in [0.2, 0.25) is 0 Å². The van der Waals surface area contributed by atoms with E-state index >= 15 is 0 Å². The van der Waals surface area contributed by atoms with Crippen molar-refractivity contribution in [3.05, 3.63) is 46.8 Å². The molecule has 0 spiro atoms. The lowest BCUT2D eigenvalue weighted by Gasteiger charge is -2.11. The SMILES string of the molecule is CC(C)c1nn(Cc2ccc(C#N)cc2)c(C(F)(F)F)c1N. The van der Waals surface area contributed by atoms with E-state index in [1.54, 1.807) is 38.1 Å². The summed E-state index contributed by atoms with van der Waals surface area (Å²) in [6.45, 7) is 3.42. The molecule has 2 aromatic rings. The Kier molecular flexibility index (Phi) is 4.13. The number of aromatic nitrogens is 2. The number of nitrogens with two attached hydrogens (primary N) is 1. The lowest BCUT2D eigenvalue weighted by molar-refractivity contribution is -0.143. The third kappa shape index (κ3) is 3.06. The third-order valence-electron chi connectivity index (χ3n) is 3.25. The monoisotopic (exact) mass is 308 g/mol. The van der Waals surface area contributed by atoms with E-state index in [2.05, 4.69) is 5.10 Å². The van der Waals surface area contributed by atoms with Crippen molar-refractivity contribution in [1.29, 1.82) is 5.26 Å². The Morgan fingerprint density at radius 1 is 1.27 bits per heavy atom. The molecule has 0 fully saturated rings. The van der Waals surface area contributed by atoms with Crippen LogP contribution in [-0.2, 0) is 12.7 Å². The Morgan fingerprint density at radius 3 is 2.32 bits per heavy atom. The van der Waals surface area contributed by atoms with Crippen LogP contribution in [0.25, 0.3) is 0 Å². The molecule has 0 aliphatic carbocycles. The molecule has 2 rings (SSSR count). The number of nitrogens with zero attached hydrogens (tertiary/aromatic N) is 3. The van der Waals surface area contributed by atoms with Crippen LogP contribution in [0.5, 0.6) is 0 Å². The van der Waals surface area contributed by atoms with Gasteiger partial charge in [-0.25, -0.2) is 0 Å². The molecule has 0 saturated carbocycles. The zero-order valence-corrected chi connectivity index (χ0v) is 12.1. The smallest absolute Gasteiger partial charge is 0.395 e. The Bertz CT molecular complexity index is 706. The molecule has 7 heteroatoms. The van der Waals surface area contributed by atoms with E-state index in [-0.39, 0.29) is 23.8 Å². The van der Waals surface area contributed by atoms with Crippen molar-refractivity contribution in [3.8, 4) is 6.07 Å². The van der Waals surface area contributed by atoms with E-state index in [0.717, 1.165) is 4.68 Å². The van der Waals surface area contributed by atoms with Gasteiger partial charge in [-0.05, 0) is 23.6 Å². The normalized spacial score (nSPS) is 11.7. The van der Waals surface area contributed by atoms with E-state index in [1.807, 2.05) is 6.07 Å². The third-order valence-corrected chi connectivity index (χ3v) is 3.25. The van der Waals surface area contributed by atoms with Gasteiger partial charge in [-0.2, -0.15) is 23.5 Å². The molecule has 0 unspecified atom stereocenters. The Labute approximate surface area is 126 Å². The molecule has 1 aromatic carbocycles. The topological polar surface area (TPSA) is 67.6 Å². The Balaban J connectivity index is 2.45. The lowest BCUT2D eigenvalue weighted by atomic mass is 10.1. The number of hydrogen-bond acceptors (Lipinski definition) is 3. The predicted octanol–water partition coefficient (Wildman–Crippen LogP) is 3.53. The zero-order valence-electron chi connectivity index (χ0n) is 12.1. The average molecular weight is 308 g/mol. The number of anilines is 1. The minimum atomic E-state index is -4.57. The van der Waals surface area contributed by atoms with Gasteiger partial charge >= 0.3 is 6.18 Å². The van der Waals surface area contributed by atoms with Crippen LogP contribution >= 0.6 is 0 Å². The van der Waals surface area contributed by atoms with E-state index in [4.69, 9.17) is 11.0 Å². The molecule has 4 nitrogen and oxygen atoms in total. The van der Waals surface area contributed by atoms with Crippen LogP contribution in [0.3, 0.4) is 0 Å². The molecule has 22 heavy (non-hydrogen) atoms. The number of benzene rings is 1.